The van der Waals surface area contributed by atoms with E-state index in [0.29, 0.717) is 0 Å². The first kappa shape index (κ1) is 13.8. The predicted molar refractivity (Wildman–Crippen MR) is 78.1 cm³/mol. The van der Waals surface area contributed by atoms with E-state index in [1.807, 2.05) is 6.08 Å². The van der Waals surface area contributed by atoms with Gasteiger partial charge in [0.1, 0.15) is 0 Å². The highest BCUT2D eigenvalue weighted by Crippen LogP contribution is 2.11. The lowest BCUT2D eigenvalue weighted by atomic mass is 10.0. The summed E-state index contributed by atoms with van der Waals surface area (Å²) in [6.07, 6.45) is 10.6. The van der Waals surface area contributed by atoms with Crippen LogP contribution in [0, 0.1) is 0 Å². The van der Waals surface area contributed by atoms with E-state index in [4.69, 9.17) is 0 Å². The Balaban J connectivity index is 2.17. The minimum atomic E-state index is 1.20. The summed E-state index contributed by atoms with van der Waals surface area (Å²) in [4.78, 5) is 0. The fourth-order valence-electron chi connectivity index (χ4n) is 1.86. The van der Waals surface area contributed by atoms with Crippen molar-refractivity contribution < 1.29 is 0 Å². The number of rotatable bonds is 7. The van der Waals surface area contributed by atoms with Crippen LogP contribution in [0.1, 0.15) is 50.7 Å². The van der Waals surface area contributed by atoms with E-state index in [0.717, 1.165) is 0 Å². The van der Waals surface area contributed by atoms with Gasteiger partial charge in [0.25, 0.3) is 0 Å². The molecule has 17 heavy (non-hydrogen) atoms. The highest BCUT2D eigenvalue weighted by molar-refractivity contribution is 5.47. The maximum absolute atomic E-state index is 3.77. The summed E-state index contributed by atoms with van der Waals surface area (Å²) >= 11 is 0. The van der Waals surface area contributed by atoms with Gasteiger partial charge in [0.2, 0.25) is 0 Å². The summed E-state index contributed by atoms with van der Waals surface area (Å²) < 4.78 is 0. The number of allylic oxidation sites excluding steroid dienone is 2. The van der Waals surface area contributed by atoms with Gasteiger partial charge in [-0.25, -0.2) is 0 Å². The molecule has 0 heteroatoms. The summed E-state index contributed by atoms with van der Waals surface area (Å²) in [5.41, 5.74) is 4.08. The monoisotopic (exact) mass is 228 g/mol. The average molecular weight is 228 g/mol. The van der Waals surface area contributed by atoms with Crippen LogP contribution >= 0.6 is 0 Å². The van der Waals surface area contributed by atoms with Gasteiger partial charge in [0.15, 0.2) is 0 Å². The largest absolute Gasteiger partial charge is 0.0985 e. The molecular formula is C17H24. The molecule has 92 valence electrons. The van der Waals surface area contributed by atoms with Crippen molar-refractivity contribution in [1.82, 2.24) is 0 Å². The molecule has 0 nitrogen and oxygen atoms in total. The van der Waals surface area contributed by atoms with Crippen molar-refractivity contribution in [2.75, 3.05) is 0 Å². The van der Waals surface area contributed by atoms with Gasteiger partial charge in [0, 0.05) is 0 Å². The standard InChI is InChI=1S/C17H24/c1-4-16-11-13-17(14-12-16)10-8-6-5-7-9-15(2)3/h4,9,11-14H,1,5-8,10H2,2-3H3. The van der Waals surface area contributed by atoms with Gasteiger partial charge >= 0.3 is 0 Å². The van der Waals surface area contributed by atoms with Gasteiger partial charge in [-0.3, -0.25) is 0 Å². The molecule has 0 radical (unpaired) electrons. The van der Waals surface area contributed by atoms with Gasteiger partial charge in [-0.2, -0.15) is 0 Å². The van der Waals surface area contributed by atoms with E-state index in [1.54, 1.807) is 0 Å². The number of hydrogen-bond donors (Lipinski definition) is 0. The van der Waals surface area contributed by atoms with Gasteiger partial charge in [0.05, 0.1) is 0 Å². The number of hydrogen-bond acceptors (Lipinski definition) is 0. The van der Waals surface area contributed by atoms with Crippen LogP contribution < -0.4 is 0 Å². The zero-order valence-electron chi connectivity index (χ0n) is 11.2. The molecule has 0 N–H and O–H groups in total. The van der Waals surface area contributed by atoms with Crippen molar-refractivity contribution in [3.63, 3.8) is 0 Å². The van der Waals surface area contributed by atoms with Crippen LogP contribution in [-0.2, 0) is 6.42 Å². The van der Waals surface area contributed by atoms with Gasteiger partial charge in [-0.05, 0) is 50.7 Å². The molecule has 0 unspecified atom stereocenters. The maximum Gasteiger partial charge on any atom is -0.0262 e. The number of unbranched alkanes of at least 4 members (excludes halogenated alkanes) is 3. The number of benzene rings is 1. The lowest BCUT2D eigenvalue weighted by molar-refractivity contribution is 0.685. The normalized spacial score (nSPS) is 10.0. The van der Waals surface area contributed by atoms with Crippen LogP contribution in [0.4, 0.5) is 0 Å². The zero-order chi connectivity index (χ0) is 12.5. The first-order valence-electron chi connectivity index (χ1n) is 6.57. The third-order valence-corrected chi connectivity index (χ3v) is 2.94. The second-order valence-electron chi connectivity index (χ2n) is 4.83. The Hall–Kier alpha value is -1.30. The van der Waals surface area contributed by atoms with Gasteiger partial charge in [-0.15, -0.1) is 0 Å². The van der Waals surface area contributed by atoms with Crippen molar-refractivity contribution in [1.29, 1.82) is 0 Å². The third kappa shape index (κ3) is 6.11. The van der Waals surface area contributed by atoms with Crippen LogP contribution in [0.2, 0.25) is 0 Å². The first-order chi connectivity index (χ1) is 8.22. The Morgan fingerprint density at radius 2 is 1.76 bits per heavy atom. The first-order valence-corrected chi connectivity index (χ1v) is 6.57. The summed E-state index contributed by atoms with van der Waals surface area (Å²) in [5, 5.41) is 0. The molecule has 0 saturated heterocycles. The van der Waals surface area contributed by atoms with E-state index >= 15 is 0 Å². The van der Waals surface area contributed by atoms with Crippen LogP contribution in [0.25, 0.3) is 6.08 Å². The molecule has 0 saturated carbocycles. The second kappa shape index (κ2) is 7.89. The van der Waals surface area contributed by atoms with Crippen LogP contribution in [0.3, 0.4) is 0 Å². The molecular weight excluding hydrogens is 204 g/mol. The Morgan fingerprint density at radius 3 is 2.35 bits per heavy atom. The van der Waals surface area contributed by atoms with Crippen molar-refractivity contribution in [3.05, 3.63) is 53.6 Å². The van der Waals surface area contributed by atoms with E-state index in [1.165, 1.54) is 48.8 Å². The SMILES string of the molecule is C=Cc1ccc(CCCCCC=C(C)C)cc1. The Kier molecular flexibility index (Phi) is 6.39. The quantitative estimate of drug-likeness (QED) is 0.433. The maximum atomic E-state index is 3.77. The molecule has 1 aromatic rings. The van der Waals surface area contributed by atoms with Crippen molar-refractivity contribution >= 4 is 6.08 Å². The smallest absolute Gasteiger partial charge is 0.0262 e. The van der Waals surface area contributed by atoms with Crippen LogP contribution in [-0.4, -0.2) is 0 Å². The summed E-state index contributed by atoms with van der Waals surface area (Å²) in [5.74, 6) is 0. The minimum absolute atomic E-state index is 1.20. The Morgan fingerprint density at radius 1 is 1.06 bits per heavy atom. The summed E-state index contributed by atoms with van der Waals surface area (Å²) in [6, 6.07) is 8.72. The summed E-state index contributed by atoms with van der Waals surface area (Å²) in [6.45, 7) is 8.10. The van der Waals surface area contributed by atoms with E-state index in [2.05, 4.69) is 50.8 Å². The lowest BCUT2D eigenvalue weighted by Crippen LogP contribution is -1.86. The molecule has 0 atom stereocenters. The van der Waals surface area contributed by atoms with Crippen LogP contribution in [0.5, 0.6) is 0 Å². The molecule has 0 aliphatic heterocycles. The molecule has 0 fully saturated rings. The third-order valence-electron chi connectivity index (χ3n) is 2.94. The molecule has 0 amide bonds. The highest BCUT2D eigenvalue weighted by atomic mass is 14.0. The fourth-order valence-corrected chi connectivity index (χ4v) is 1.86. The Labute approximate surface area is 106 Å². The minimum Gasteiger partial charge on any atom is -0.0985 e. The second-order valence-corrected chi connectivity index (χ2v) is 4.83. The Bertz CT molecular complexity index is 350. The van der Waals surface area contributed by atoms with Crippen LogP contribution in [0.15, 0.2) is 42.5 Å². The average Bonchev–Trinajstić information content (AvgIpc) is 2.34. The zero-order valence-corrected chi connectivity index (χ0v) is 11.2. The molecule has 0 aromatic heterocycles. The van der Waals surface area contributed by atoms with Crippen molar-refractivity contribution in [2.45, 2.75) is 46.0 Å². The topological polar surface area (TPSA) is 0 Å². The van der Waals surface area contributed by atoms with Crippen molar-refractivity contribution in [3.8, 4) is 0 Å². The van der Waals surface area contributed by atoms with E-state index < -0.39 is 0 Å². The molecule has 0 aliphatic rings. The van der Waals surface area contributed by atoms with E-state index in [9.17, 15) is 0 Å². The lowest BCUT2D eigenvalue weighted by Gasteiger charge is -2.02. The predicted octanol–water partition coefficient (Wildman–Crippen LogP) is 5.40. The molecule has 1 rings (SSSR count). The summed E-state index contributed by atoms with van der Waals surface area (Å²) in [7, 11) is 0. The molecule has 0 heterocycles. The molecule has 0 aliphatic carbocycles. The highest BCUT2D eigenvalue weighted by Gasteiger charge is 1.93. The molecule has 0 bridgehead atoms. The van der Waals surface area contributed by atoms with E-state index in [-0.39, 0.29) is 0 Å². The molecule has 0 spiro atoms. The fraction of sp³-hybridized carbons (Fsp3) is 0.412. The van der Waals surface area contributed by atoms with Gasteiger partial charge in [-0.1, -0.05) is 55.0 Å². The van der Waals surface area contributed by atoms with Gasteiger partial charge < -0.3 is 0 Å². The molecule has 1 aromatic carbocycles. The number of aryl methyl sites for hydroxylation is 1. The van der Waals surface area contributed by atoms with Crippen molar-refractivity contribution in [2.24, 2.45) is 0 Å².